The minimum absolute atomic E-state index is 0.133. The van der Waals surface area contributed by atoms with E-state index in [0.717, 1.165) is 11.0 Å². The summed E-state index contributed by atoms with van der Waals surface area (Å²) in [6.07, 6.45) is 3.35. The highest BCUT2D eigenvalue weighted by molar-refractivity contribution is 7.99. The third-order valence-corrected chi connectivity index (χ3v) is 6.19. The van der Waals surface area contributed by atoms with Crippen LogP contribution in [0.1, 0.15) is 10.4 Å². The zero-order chi connectivity index (χ0) is 21.2. The molecule has 4 aromatic rings. The highest BCUT2D eigenvalue weighted by Crippen LogP contribution is 2.24. The number of amides is 2. The number of anilines is 1. The zero-order valence-corrected chi connectivity index (χ0v) is 17.3. The van der Waals surface area contributed by atoms with E-state index in [4.69, 9.17) is 0 Å². The summed E-state index contributed by atoms with van der Waals surface area (Å²) >= 11 is 1.57. The molecule has 31 heavy (non-hydrogen) atoms. The molecule has 0 aliphatic carbocycles. The molecule has 8 heteroatoms. The zero-order valence-electron chi connectivity index (χ0n) is 16.5. The topological polar surface area (TPSA) is 80.1 Å². The highest BCUT2D eigenvalue weighted by Gasteiger charge is 2.35. The van der Waals surface area contributed by atoms with Crippen LogP contribution in [0.2, 0.25) is 0 Å². The van der Waals surface area contributed by atoms with Crippen molar-refractivity contribution in [2.45, 2.75) is 6.04 Å². The molecular weight excluding hydrogens is 410 g/mol. The summed E-state index contributed by atoms with van der Waals surface area (Å²) in [6.45, 7) is 0. The number of hydrogen-bond acceptors (Lipinski definition) is 5. The molecule has 2 amide bonds. The molecule has 3 heterocycles. The molecule has 2 aromatic heterocycles. The number of carbonyl (C=O) groups excluding carboxylic acids is 2. The van der Waals surface area contributed by atoms with Gasteiger partial charge in [-0.05, 0) is 36.4 Å². The van der Waals surface area contributed by atoms with E-state index in [1.807, 2.05) is 53.1 Å². The molecule has 1 saturated heterocycles. The predicted octanol–water partition coefficient (Wildman–Crippen LogP) is 3.57. The molecule has 0 bridgehead atoms. The van der Waals surface area contributed by atoms with Crippen LogP contribution in [0.25, 0.3) is 16.9 Å². The second-order valence-corrected chi connectivity index (χ2v) is 8.15. The summed E-state index contributed by atoms with van der Waals surface area (Å²) in [7, 11) is 0. The summed E-state index contributed by atoms with van der Waals surface area (Å²) in [6, 6.07) is 20.0. The van der Waals surface area contributed by atoms with Gasteiger partial charge in [-0.15, -0.1) is 11.8 Å². The van der Waals surface area contributed by atoms with Gasteiger partial charge in [0.15, 0.2) is 0 Å². The summed E-state index contributed by atoms with van der Waals surface area (Å²) in [5.41, 5.74) is 3.02. The number of pyridine rings is 1. The summed E-state index contributed by atoms with van der Waals surface area (Å²) in [5.74, 6) is 1.43. The van der Waals surface area contributed by atoms with Gasteiger partial charge >= 0.3 is 0 Å². The van der Waals surface area contributed by atoms with Crippen LogP contribution in [-0.2, 0) is 4.79 Å². The average molecular weight is 430 g/mol. The van der Waals surface area contributed by atoms with Gasteiger partial charge < -0.3 is 10.2 Å². The van der Waals surface area contributed by atoms with Crippen molar-refractivity contribution in [1.29, 1.82) is 0 Å². The van der Waals surface area contributed by atoms with Crippen LogP contribution >= 0.6 is 11.8 Å². The second kappa shape index (κ2) is 8.23. The fourth-order valence-electron chi connectivity index (χ4n) is 3.58. The Balaban J connectivity index is 1.30. The van der Waals surface area contributed by atoms with E-state index in [0.29, 0.717) is 28.7 Å². The van der Waals surface area contributed by atoms with Crippen molar-refractivity contribution < 1.29 is 9.59 Å². The number of rotatable bonds is 4. The Morgan fingerprint density at radius 3 is 2.58 bits per heavy atom. The van der Waals surface area contributed by atoms with E-state index >= 15 is 0 Å². The Morgan fingerprint density at radius 2 is 1.77 bits per heavy atom. The maximum Gasteiger partial charge on any atom is 0.255 e. The van der Waals surface area contributed by atoms with Crippen LogP contribution in [0.4, 0.5) is 5.69 Å². The first-order valence-corrected chi connectivity index (χ1v) is 11.0. The van der Waals surface area contributed by atoms with Crippen molar-refractivity contribution in [1.82, 2.24) is 19.4 Å². The fraction of sp³-hybridized carbons (Fsp3) is 0.130. The van der Waals surface area contributed by atoms with Crippen LogP contribution in [0, 0.1) is 0 Å². The van der Waals surface area contributed by atoms with Crippen molar-refractivity contribution in [3.8, 4) is 5.82 Å². The van der Waals surface area contributed by atoms with Crippen molar-refractivity contribution in [2.24, 2.45) is 0 Å². The molecule has 1 unspecified atom stereocenters. The van der Waals surface area contributed by atoms with Gasteiger partial charge in [0.05, 0.1) is 28.8 Å². The Kier molecular flexibility index (Phi) is 5.13. The van der Waals surface area contributed by atoms with Crippen molar-refractivity contribution in [3.63, 3.8) is 0 Å². The Bertz CT molecular complexity index is 1240. The molecule has 7 nitrogen and oxygen atoms in total. The smallest absolute Gasteiger partial charge is 0.255 e. The van der Waals surface area contributed by atoms with Gasteiger partial charge in [0.2, 0.25) is 5.91 Å². The number of hydrogen-bond donors (Lipinski definition) is 1. The lowest BCUT2D eigenvalue weighted by Gasteiger charge is -2.23. The summed E-state index contributed by atoms with van der Waals surface area (Å²) in [5, 5.41) is 2.90. The third-order valence-electron chi connectivity index (χ3n) is 5.18. The standard InChI is InChI=1S/C23H19N5O2S/c29-22(20-13-31-15-28(20)23(30)16-6-2-1-3-7-16)26-17-10-11-21(24-12-17)27-14-25-18-8-4-5-9-19(18)27/h1-12,14,20H,13,15H2,(H,26,29). The molecule has 1 atom stereocenters. The highest BCUT2D eigenvalue weighted by atomic mass is 32.2. The molecule has 1 aliphatic heterocycles. The second-order valence-electron chi connectivity index (χ2n) is 7.15. The van der Waals surface area contributed by atoms with Gasteiger partial charge in [0.1, 0.15) is 18.2 Å². The molecule has 1 N–H and O–H groups in total. The number of aromatic nitrogens is 3. The molecular formula is C23H19N5O2S. The van der Waals surface area contributed by atoms with Crippen LogP contribution in [0.3, 0.4) is 0 Å². The molecule has 0 spiro atoms. The van der Waals surface area contributed by atoms with Crippen LogP contribution in [0.15, 0.2) is 79.3 Å². The molecule has 1 aliphatic rings. The molecule has 154 valence electrons. The third kappa shape index (κ3) is 3.77. The quantitative estimate of drug-likeness (QED) is 0.536. The summed E-state index contributed by atoms with van der Waals surface area (Å²) in [4.78, 5) is 36.2. The van der Waals surface area contributed by atoms with Gasteiger partial charge in [0, 0.05) is 11.3 Å². The van der Waals surface area contributed by atoms with Gasteiger partial charge in [-0.1, -0.05) is 30.3 Å². The number of benzene rings is 2. The van der Waals surface area contributed by atoms with Crippen LogP contribution in [-0.4, -0.2) is 48.9 Å². The number of nitrogens with zero attached hydrogens (tertiary/aromatic N) is 4. The summed E-state index contributed by atoms with van der Waals surface area (Å²) < 4.78 is 1.90. The van der Waals surface area contributed by atoms with E-state index in [1.165, 1.54) is 0 Å². The van der Waals surface area contributed by atoms with Crippen molar-refractivity contribution in [3.05, 3.63) is 84.8 Å². The van der Waals surface area contributed by atoms with E-state index < -0.39 is 6.04 Å². The first-order chi connectivity index (χ1) is 15.2. The van der Waals surface area contributed by atoms with Gasteiger partial charge in [0.25, 0.3) is 5.91 Å². The first-order valence-electron chi connectivity index (χ1n) is 9.84. The van der Waals surface area contributed by atoms with E-state index in [-0.39, 0.29) is 11.8 Å². The van der Waals surface area contributed by atoms with E-state index in [1.54, 1.807) is 47.4 Å². The number of fused-ring (bicyclic) bond motifs is 1. The SMILES string of the molecule is O=C(Nc1ccc(-n2cnc3ccccc32)nc1)C1CSCN1C(=O)c1ccccc1. The Labute approximate surface area is 183 Å². The molecule has 0 saturated carbocycles. The average Bonchev–Trinajstić information content (AvgIpc) is 3.47. The fourth-order valence-corrected chi connectivity index (χ4v) is 4.73. The minimum atomic E-state index is -0.519. The maximum absolute atomic E-state index is 12.9. The number of thioether (sulfide) groups is 1. The van der Waals surface area contributed by atoms with E-state index in [2.05, 4.69) is 15.3 Å². The predicted molar refractivity (Wildman–Crippen MR) is 121 cm³/mol. The molecule has 1 fully saturated rings. The van der Waals surface area contributed by atoms with Gasteiger partial charge in [-0.2, -0.15) is 0 Å². The lowest BCUT2D eigenvalue weighted by Crippen LogP contribution is -2.44. The number of nitrogens with one attached hydrogen (secondary N) is 1. The molecule has 0 radical (unpaired) electrons. The monoisotopic (exact) mass is 429 g/mol. The van der Waals surface area contributed by atoms with Crippen LogP contribution in [0.5, 0.6) is 0 Å². The van der Waals surface area contributed by atoms with Crippen LogP contribution < -0.4 is 5.32 Å². The minimum Gasteiger partial charge on any atom is -0.323 e. The first kappa shape index (κ1) is 19.3. The molecule has 2 aromatic carbocycles. The van der Waals surface area contributed by atoms with Crippen molar-refractivity contribution >= 4 is 40.3 Å². The number of para-hydroxylation sites is 2. The normalized spacial score (nSPS) is 15.9. The van der Waals surface area contributed by atoms with E-state index in [9.17, 15) is 9.59 Å². The number of imidazole rings is 1. The van der Waals surface area contributed by atoms with Crippen molar-refractivity contribution in [2.75, 3.05) is 16.9 Å². The Hall–Kier alpha value is -3.65. The largest absolute Gasteiger partial charge is 0.323 e. The lowest BCUT2D eigenvalue weighted by atomic mass is 10.1. The maximum atomic E-state index is 12.9. The number of carbonyl (C=O) groups is 2. The van der Waals surface area contributed by atoms with Gasteiger partial charge in [-0.25, -0.2) is 9.97 Å². The molecule has 5 rings (SSSR count). The Morgan fingerprint density at radius 1 is 0.968 bits per heavy atom. The van der Waals surface area contributed by atoms with Gasteiger partial charge in [-0.3, -0.25) is 14.2 Å². The lowest BCUT2D eigenvalue weighted by molar-refractivity contribution is -0.119.